The van der Waals surface area contributed by atoms with E-state index in [1.807, 2.05) is 19.9 Å². The van der Waals surface area contributed by atoms with E-state index in [-0.39, 0.29) is 18.5 Å². The highest BCUT2D eigenvalue weighted by atomic mass is 16.2. The van der Waals surface area contributed by atoms with E-state index >= 15 is 0 Å². The van der Waals surface area contributed by atoms with Crippen molar-refractivity contribution in [3.05, 3.63) is 59.9 Å². The van der Waals surface area contributed by atoms with Gasteiger partial charge in [-0.1, -0.05) is 13.8 Å². The molecule has 9 heteroatoms. The third-order valence-electron chi connectivity index (χ3n) is 4.28. The number of aromatic nitrogens is 1. The van der Waals surface area contributed by atoms with Crippen molar-refractivity contribution in [3.63, 3.8) is 0 Å². The van der Waals surface area contributed by atoms with Gasteiger partial charge in [-0.25, -0.2) is 4.79 Å². The molecule has 1 aromatic carbocycles. The maximum Gasteiger partial charge on any atom is 0.319 e. The van der Waals surface area contributed by atoms with Crippen LogP contribution < -0.4 is 21.3 Å². The molecular weight excluding hydrogens is 396 g/mol. The van der Waals surface area contributed by atoms with Gasteiger partial charge in [-0.15, -0.1) is 0 Å². The molecule has 1 heterocycles. The van der Waals surface area contributed by atoms with Crippen LogP contribution in [0.25, 0.3) is 0 Å². The lowest BCUT2D eigenvalue weighted by Crippen LogP contribution is -2.47. The summed E-state index contributed by atoms with van der Waals surface area (Å²) < 4.78 is 0. The first-order valence-corrected chi connectivity index (χ1v) is 9.88. The summed E-state index contributed by atoms with van der Waals surface area (Å²) in [4.78, 5) is 40.7. The molecule has 9 nitrogen and oxygen atoms in total. The Morgan fingerprint density at radius 1 is 1.03 bits per heavy atom. The van der Waals surface area contributed by atoms with E-state index < -0.39 is 17.9 Å². The third-order valence-corrected chi connectivity index (χ3v) is 4.28. The first-order valence-electron chi connectivity index (χ1n) is 9.88. The quantitative estimate of drug-likeness (QED) is 0.459. The van der Waals surface area contributed by atoms with Crippen LogP contribution in [0.15, 0.2) is 48.8 Å². The van der Waals surface area contributed by atoms with Crippen molar-refractivity contribution >= 4 is 23.5 Å². The highest BCUT2D eigenvalue weighted by Gasteiger charge is 2.22. The molecule has 0 spiro atoms. The first kappa shape index (κ1) is 23.3. The van der Waals surface area contributed by atoms with Crippen LogP contribution in [0.5, 0.6) is 0 Å². The summed E-state index contributed by atoms with van der Waals surface area (Å²) in [5.41, 5.74) is 1.80. The second kappa shape index (κ2) is 11.9. The van der Waals surface area contributed by atoms with Gasteiger partial charge in [-0.2, -0.15) is 5.26 Å². The third kappa shape index (κ3) is 8.14. The molecule has 1 atom stereocenters. The van der Waals surface area contributed by atoms with Gasteiger partial charge in [0, 0.05) is 30.2 Å². The number of nitriles is 1. The molecule has 4 amide bonds. The Labute approximate surface area is 181 Å². The molecule has 1 aromatic heterocycles. The van der Waals surface area contributed by atoms with E-state index in [9.17, 15) is 14.4 Å². The van der Waals surface area contributed by atoms with Crippen LogP contribution in [0, 0.1) is 17.2 Å². The lowest BCUT2D eigenvalue weighted by molar-refractivity contribution is -0.123. The molecule has 2 aromatic rings. The van der Waals surface area contributed by atoms with Crippen molar-refractivity contribution in [1.82, 2.24) is 20.9 Å². The Kier molecular flexibility index (Phi) is 8.98. The molecule has 1 unspecified atom stereocenters. The number of benzene rings is 1. The first-order chi connectivity index (χ1) is 14.9. The van der Waals surface area contributed by atoms with E-state index in [0.29, 0.717) is 24.2 Å². The fraction of sp³-hybridized carbons (Fsp3) is 0.318. The minimum absolute atomic E-state index is 0.118. The van der Waals surface area contributed by atoms with Gasteiger partial charge in [0.2, 0.25) is 5.91 Å². The number of rotatable bonds is 9. The number of hydrogen-bond donors (Lipinski definition) is 4. The Balaban J connectivity index is 1.91. The average Bonchev–Trinajstić information content (AvgIpc) is 2.76. The van der Waals surface area contributed by atoms with Crippen molar-refractivity contribution < 1.29 is 14.4 Å². The summed E-state index contributed by atoms with van der Waals surface area (Å²) in [6.45, 7) is 4.13. The number of carbonyl (C=O) groups is 3. The van der Waals surface area contributed by atoms with Gasteiger partial charge >= 0.3 is 6.03 Å². The molecular formula is C22H26N6O3. The zero-order chi connectivity index (χ0) is 22.6. The molecule has 0 aliphatic rings. The molecule has 0 radical (unpaired) electrons. The van der Waals surface area contributed by atoms with Crippen LogP contribution in [0.2, 0.25) is 0 Å². The molecule has 4 N–H and O–H groups in total. The number of pyridine rings is 1. The van der Waals surface area contributed by atoms with Crippen LogP contribution in [-0.4, -0.2) is 35.4 Å². The molecule has 162 valence electrons. The van der Waals surface area contributed by atoms with Crippen LogP contribution in [0.1, 0.15) is 36.2 Å². The molecule has 0 saturated heterocycles. The number of anilines is 1. The minimum atomic E-state index is -0.738. The molecule has 0 aliphatic heterocycles. The standard InChI is InChI=1S/C22H26N6O3/c1-15(2)13-19(21(30)25-12-9-23)28-20(29)17-3-5-18(6-4-17)27-22(31)26-14-16-7-10-24-11-8-16/h3-8,10-11,15,19H,12-14H2,1-2H3,(H,25,30)(H,28,29)(H2,26,27,31). The van der Waals surface area contributed by atoms with E-state index in [1.165, 1.54) is 0 Å². The van der Waals surface area contributed by atoms with Gasteiger partial charge in [-0.05, 0) is 54.3 Å². The second-order valence-electron chi connectivity index (χ2n) is 7.27. The molecule has 2 rings (SSSR count). The van der Waals surface area contributed by atoms with Gasteiger partial charge in [0.05, 0.1) is 6.07 Å². The topological polar surface area (TPSA) is 136 Å². The van der Waals surface area contributed by atoms with Gasteiger partial charge in [0.25, 0.3) is 5.91 Å². The number of carbonyl (C=O) groups excluding carboxylic acids is 3. The monoisotopic (exact) mass is 422 g/mol. The van der Waals surface area contributed by atoms with Crippen molar-refractivity contribution in [1.29, 1.82) is 5.26 Å². The highest BCUT2D eigenvalue weighted by molar-refractivity contribution is 5.98. The lowest BCUT2D eigenvalue weighted by Gasteiger charge is -2.19. The Morgan fingerprint density at radius 2 is 1.71 bits per heavy atom. The molecule has 0 bridgehead atoms. The largest absolute Gasteiger partial charge is 0.341 e. The van der Waals surface area contributed by atoms with Crippen molar-refractivity contribution in [3.8, 4) is 6.07 Å². The Hall–Kier alpha value is -3.93. The maximum atomic E-state index is 12.5. The number of urea groups is 1. The summed E-state index contributed by atoms with van der Waals surface area (Å²) in [5, 5.41) is 19.2. The molecule has 31 heavy (non-hydrogen) atoms. The summed E-state index contributed by atoms with van der Waals surface area (Å²) in [7, 11) is 0. The predicted molar refractivity (Wildman–Crippen MR) is 116 cm³/mol. The van der Waals surface area contributed by atoms with Crippen molar-refractivity contribution in [2.75, 3.05) is 11.9 Å². The number of nitrogens with one attached hydrogen (secondary N) is 4. The number of nitrogens with zero attached hydrogens (tertiary/aromatic N) is 2. The fourth-order valence-corrected chi connectivity index (χ4v) is 2.76. The zero-order valence-corrected chi connectivity index (χ0v) is 17.5. The van der Waals surface area contributed by atoms with E-state index in [2.05, 4.69) is 26.3 Å². The van der Waals surface area contributed by atoms with Crippen LogP contribution >= 0.6 is 0 Å². The number of hydrogen-bond acceptors (Lipinski definition) is 5. The Morgan fingerprint density at radius 3 is 2.32 bits per heavy atom. The van der Waals surface area contributed by atoms with E-state index in [1.54, 1.807) is 48.8 Å². The summed E-state index contributed by atoms with van der Waals surface area (Å²) in [6, 6.07) is 10.7. The Bertz CT molecular complexity index is 923. The van der Waals surface area contributed by atoms with Crippen LogP contribution in [0.3, 0.4) is 0 Å². The maximum absolute atomic E-state index is 12.5. The summed E-state index contributed by atoms with van der Waals surface area (Å²) in [6.07, 6.45) is 3.75. The predicted octanol–water partition coefficient (Wildman–Crippen LogP) is 2.19. The van der Waals surface area contributed by atoms with Crippen LogP contribution in [0.4, 0.5) is 10.5 Å². The SMILES string of the molecule is CC(C)CC(NC(=O)c1ccc(NC(=O)NCc2ccncc2)cc1)C(=O)NCC#N. The van der Waals surface area contributed by atoms with Gasteiger partial charge in [0.15, 0.2) is 0 Å². The second-order valence-corrected chi connectivity index (χ2v) is 7.27. The lowest BCUT2D eigenvalue weighted by atomic mass is 10.0. The molecule has 0 fully saturated rings. The van der Waals surface area contributed by atoms with Crippen molar-refractivity contribution in [2.45, 2.75) is 32.9 Å². The fourth-order valence-electron chi connectivity index (χ4n) is 2.76. The molecule has 0 aliphatic carbocycles. The zero-order valence-electron chi connectivity index (χ0n) is 17.5. The smallest absolute Gasteiger partial charge is 0.319 e. The van der Waals surface area contributed by atoms with Gasteiger partial charge in [0.1, 0.15) is 12.6 Å². The molecule has 0 saturated carbocycles. The van der Waals surface area contributed by atoms with E-state index in [0.717, 1.165) is 5.56 Å². The summed E-state index contributed by atoms with van der Waals surface area (Å²) in [5.74, 6) is -0.630. The van der Waals surface area contributed by atoms with Crippen molar-refractivity contribution in [2.24, 2.45) is 5.92 Å². The average molecular weight is 422 g/mol. The highest BCUT2D eigenvalue weighted by Crippen LogP contribution is 2.11. The summed E-state index contributed by atoms with van der Waals surface area (Å²) >= 11 is 0. The van der Waals surface area contributed by atoms with Gasteiger partial charge in [-0.3, -0.25) is 14.6 Å². The number of amides is 4. The van der Waals surface area contributed by atoms with Crippen LogP contribution in [-0.2, 0) is 11.3 Å². The minimum Gasteiger partial charge on any atom is -0.341 e. The van der Waals surface area contributed by atoms with Gasteiger partial charge < -0.3 is 21.3 Å². The normalized spacial score (nSPS) is 11.2. The van der Waals surface area contributed by atoms with E-state index in [4.69, 9.17) is 5.26 Å².